The molecule has 1 amide bonds. The first-order chi connectivity index (χ1) is 8.63. The van der Waals surface area contributed by atoms with Gasteiger partial charge in [-0.1, -0.05) is 0 Å². The summed E-state index contributed by atoms with van der Waals surface area (Å²) in [5.41, 5.74) is 0.373. The molecule has 0 unspecified atom stereocenters. The van der Waals surface area contributed by atoms with Gasteiger partial charge in [0.1, 0.15) is 5.82 Å². The lowest BCUT2D eigenvalue weighted by atomic mass is 10.1. The second-order valence-electron chi connectivity index (χ2n) is 4.37. The van der Waals surface area contributed by atoms with Gasteiger partial charge in [0.2, 0.25) is 0 Å². The van der Waals surface area contributed by atoms with Crippen molar-refractivity contribution in [1.29, 1.82) is 0 Å². The molecule has 0 aliphatic carbocycles. The lowest BCUT2D eigenvalue weighted by molar-refractivity contribution is 0.0629. The van der Waals surface area contributed by atoms with Gasteiger partial charge in [0.25, 0.3) is 5.91 Å². The molecule has 1 aliphatic rings. The monoisotopic (exact) mass is 315 g/mol. The molecule has 1 aliphatic heterocycles. The first-order valence-electron chi connectivity index (χ1n) is 5.88. The Morgan fingerprint density at radius 1 is 1.61 bits per heavy atom. The van der Waals surface area contributed by atoms with E-state index in [9.17, 15) is 9.18 Å². The van der Waals surface area contributed by atoms with E-state index in [0.717, 1.165) is 12.8 Å². The Hall–Kier alpha value is -0.940. The summed E-state index contributed by atoms with van der Waals surface area (Å²) >= 11 is 3.29. The predicted octanol–water partition coefficient (Wildman–Crippen LogP) is 2.84. The zero-order valence-corrected chi connectivity index (χ0v) is 11.7. The number of nitrogens with zero attached hydrogens (tertiary/aromatic N) is 1. The first kappa shape index (κ1) is 13.5. The van der Waals surface area contributed by atoms with E-state index in [0.29, 0.717) is 23.2 Å². The number of ether oxygens (including phenoxy) is 1. The maximum Gasteiger partial charge on any atom is 0.255 e. The van der Waals surface area contributed by atoms with Crippen molar-refractivity contribution in [3.8, 4) is 0 Å². The minimum atomic E-state index is -0.399. The van der Waals surface area contributed by atoms with Crippen molar-refractivity contribution in [2.75, 3.05) is 20.3 Å². The van der Waals surface area contributed by atoms with Crippen LogP contribution in [0.5, 0.6) is 0 Å². The summed E-state index contributed by atoms with van der Waals surface area (Å²) in [6, 6.07) is 4.26. The van der Waals surface area contributed by atoms with Gasteiger partial charge in [-0.05, 0) is 47.0 Å². The van der Waals surface area contributed by atoms with Crippen LogP contribution in [0.3, 0.4) is 0 Å². The summed E-state index contributed by atoms with van der Waals surface area (Å²) < 4.78 is 19.0. The second kappa shape index (κ2) is 5.80. The Kier molecular flexibility index (Phi) is 4.35. The van der Waals surface area contributed by atoms with Crippen LogP contribution in [-0.4, -0.2) is 37.1 Å². The highest BCUT2D eigenvalue weighted by Gasteiger charge is 2.30. The molecule has 1 heterocycles. The summed E-state index contributed by atoms with van der Waals surface area (Å²) in [6.07, 6.45) is 1.90. The largest absolute Gasteiger partial charge is 0.383 e. The molecule has 5 heteroatoms. The molecule has 0 N–H and O–H groups in total. The molecule has 1 atom stereocenters. The quantitative estimate of drug-likeness (QED) is 0.858. The van der Waals surface area contributed by atoms with Crippen molar-refractivity contribution in [2.24, 2.45) is 0 Å². The minimum absolute atomic E-state index is 0.0951. The second-order valence-corrected chi connectivity index (χ2v) is 5.23. The minimum Gasteiger partial charge on any atom is -0.383 e. The van der Waals surface area contributed by atoms with Gasteiger partial charge < -0.3 is 9.64 Å². The summed E-state index contributed by atoms with van der Waals surface area (Å²) in [7, 11) is 1.62. The maximum absolute atomic E-state index is 13.2. The Morgan fingerprint density at radius 2 is 2.39 bits per heavy atom. The number of rotatable bonds is 3. The molecule has 1 saturated heterocycles. The summed E-state index contributed by atoms with van der Waals surface area (Å²) in [6.45, 7) is 1.23. The van der Waals surface area contributed by atoms with Crippen molar-refractivity contribution < 1.29 is 13.9 Å². The van der Waals surface area contributed by atoms with Gasteiger partial charge in [-0.3, -0.25) is 4.79 Å². The Bertz CT molecular complexity index is 453. The van der Waals surface area contributed by atoms with Crippen molar-refractivity contribution in [3.63, 3.8) is 0 Å². The molecule has 1 fully saturated rings. The van der Waals surface area contributed by atoms with Gasteiger partial charge in [0, 0.05) is 18.1 Å². The number of carbonyl (C=O) groups is 1. The molecular formula is C13H15BrFNO2. The zero-order chi connectivity index (χ0) is 13.1. The van der Waals surface area contributed by atoms with Crippen LogP contribution in [0.4, 0.5) is 4.39 Å². The molecule has 3 nitrogen and oxygen atoms in total. The Morgan fingerprint density at radius 3 is 3.11 bits per heavy atom. The predicted molar refractivity (Wildman–Crippen MR) is 70.0 cm³/mol. The maximum atomic E-state index is 13.2. The molecule has 98 valence electrons. The summed E-state index contributed by atoms with van der Waals surface area (Å²) in [5.74, 6) is -0.537. The molecule has 18 heavy (non-hydrogen) atoms. The van der Waals surface area contributed by atoms with E-state index >= 15 is 0 Å². The van der Waals surface area contributed by atoms with Gasteiger partial charge in [0.05, 0.1) is 18.2 Å². The summed E-state index contributed by atoms with van der Waals surface area (Å²) in [5, 5.41) is 0. The molecule has 0 spiro atoms. The first-order valence-corrected chi connectivity index (χ1v) is 6.67. The number of methoxy groups -OCH3 is 1. The zero-order valence-electron chi connectivity index (χ0n) is 10.2. The van der Waals surface area contributed by atoms with Crippen LogP contribution >= 0.6 is 15.9 Å². The fraction of sp³-hybridized carbons (Fsp3) is 0.462. The van der Waals surface area contributed by atoms with Crippen LogP contribution in [0.1, 0.15) is 23.2 Å². The SMILES string of the molecule is COC[C@H]1CCCN1C(=O)c1cc(F)ccc1Br. The van der Waals surface area contributed by atoms with Crippen molar-refractivity contribution in [3.05, 3.63) is 34.1 Å². The molecule has 1 aromatic rings. The van der Waals surface area contributed by atoms with E-state index in [-0.39, 0.29) is 11.9 Å². The van der Waals surface area contributed by atoms with Crippen LogP contribution in [-0.2, 0) is 4.74 Å². The van der Waals surface area contributed by atoms with Gasteiger partial charge in [-0.25, -0.2) is 4.39 Å². The van der Waals surface area contributed by atoms with Crippen molar-refractivity contribution in [2.45, 2.75) is 18.9 Å². The van der Waals surface area contributed by atoms with Crippen LogP contribution in [0.15, 0.2) is 22.7 Å². The Labute approximate surface area is 114 Å². The number of amides is 1. The third-order valence-corrected chi connectivity index (χ3v) is 3.85. The molecular weight excluding hydrogens is 301 g/mol. The Balaban J connectivity index is 2.22. The number of halogens is 2. The number of likely N-dealkylation sites (tertiary alicyclic amines) is 1. The van der Waals surface area contributed by atoms with E-state index in [1.54, 1.807) is 18.1 Å². The van der Waals surface area contributed by atoms with Crippen molar-refractivity contribution in [1.82, 2.24) is 4.90 Å². The van der Waals surface area contributed by atoms with Crippen LogP contribution in [0, 0.1) is 5.82 Å². The fourth-order valence-electron chi connectivity index (χ4n) is 2.28. The van der Waals surface area contributed by atoms with Gasteiger partial charge in [-0.15, -0.1) is 0 Å². The fourth-order valence-corrected chi connectivity index (χ4v) is 2.70. The standard InChI is InChI=1S/C13H15BrFNO2/c1-18-8-10-3-2-6-16(10)13(17)11-7-9(15)4-5-12(11)14/h4-5,7,10H,2-3,6,8H2,1H3/t10-/m1/s1. The molecule has 0 bridgehead atoms. The van der Waals surface area contributed by atoms with E-state index in [1.807, 2.05) is 0 Å². The number of carbonyl (C=O) groups excluding carboxylic acids is 1. The van der Waals surface area contributed by atoms with Gasteiger partial charge in [-0.2, -0.15) is 0 Å². The highest BCUT2D eigenvalue weighted by molar-refractivity contribution is 9.10. The highest BCUT2D eigenvalue weighted by Crippen LogP contribution is 2.24. The number of hydrogen-bond acceptors (Lipinski definition) is 2. The summed E-state index contributed by atoms with van der Waals surface area (Å²) in [4.78, 5) is 14.1. The van der Waals surface area contributed by atoms with Crippen LogP contribution in [0.2, 0.25) is 0 Å². The third kappa shape index (κ3) is 2.72. The normalized spacial score (nSPS) is 19.3. The molecule has 0 radical (unpaired) electrons. The lowest BCUT2D eigenvalue weighted by Crippen LogP contribution is -2.38. The van der Waals surface area contributed by atoms with E-state index in [1.165, 1.54) is 12.1 Å². The average molecular weight is 316 g/mol. The topological polar surface area (TPSA) is 29.5 Å². The molecule has 2 rings (SSSR count). The lowest BCUT2D eigenvalue weighted by Gasteiger charge is -2.24. The smallest absolute Gasteiger partial charge is 0.255 e. The number of hydrogen-bond donors (Lipinski definition) is 0. The third-order valence-electron chi connectivity index (χ3n) is 3.16. The van der Waals surface area contributed by atoms with Gasteiger partial charge >= 0.3 is 0 Å². The highest BCUT2D eigenvalue weighted by atomic mass is 79.9. The van der Waals surface area contributed by atoms with Crippen molar-refractivity contribution >= 4 is 21.8 Å². The molecule has 0 aromatic heterocycles. The van der Waals surface area contributed by atoms with Crippen LogP contribution in [0.25, 0.3) is 0 Å². The number of benzene rings is 1. The van der Waals surface area contributed by atoms with E-state index < -0.39 is 5.82 Å². The molecule has 1 aromatic carbocycles. The van der Waals surface area contributed by atoms with Crippen LogP contribution < -0.4 is 0 Å². The van der Waals surface area contributed by atoms with Gasteiger partial charge in [0.15, 0.2) is 0 Å². The molecule has 0 saturated carbocycles. The average Bonchev–Trinajstić information content (AvgIpc) is 2.80. The van der Waals surface area contributed by atoms with E-state index in [2.05, 4.69) is 15.9 Å². The van der Waals surface area contributed by atoms with E-state index in [4.69, 9.17) is 4.74 Å².